The lowest BCUT2D eigenvalue weighted by molar-refractivity contribution is -0.139. The highest BCUT2D eigenvalue weighted by Crippen LogP contribution is 2.29. The fraction of sp³-hybridized carbons (Fsp3) is 0.867. The van der Waals surface area contributed by atoms with E-state index in [1.165, 1.54) is 0 Å². The molecule has 2 fully saturated rings. The normalized spacial score (nSPS) is 26.4. The van der Waals surface area contributed by atoms with Crippen LogP contribution in [-0.4, -0.2) is 47.3 Å². The molecule has 19 heavy (non-hydrogen) atoms. The van der Waals surface area contributed by atoms with Crippen LogP contribution in [-0.2, 0) is 9.59 Å². The fourth-order valence-electron chi connectivity index (χ4n) is 2.80. The highest BCUT2D eigenvalue weighted by atomic mass is 16.2. The van der Waals surface area contributed by atoms with E-state index in [1.807, 2.05) is 4.90 Å². The van der Waals surface area contributed by atoms with Gasteiger partial charge in [0.15, 0.2) is 0 Å². The summed E-state index contributed by atoms with van der Waals surface area (Å²) < 4.78 is 0. The van der Waals surface area contributed by atoms with Crippen molar-refractivity contribution < 1.29 is 9.59 Å². The van der Waals surface area contributed by atoms with E-state index in [0.717, 1.165) is 25.9 Å². The van der Waals surface area contributed by atoms with E-state index in [9.17, 15) is 9.59 Å². The molecule has 2 heterocycles. The van der Waals surface area contributed by atoms with Gasteiger partial charge in [0, 0.05) is 26.1 Å². The van der Waals surface area contributed by atoms with E-state index in [-0.39, 0.29) is 23.3 Å². The van der Waals surface area contributed by atoms with E-state index in [1.54, 1.807) is 4.90 Å². The molecule has 0 radical (unpaired) electrons. The van der Waals surface area contributed by atoms with E-state index in [0.29, 0.717) is 18.9 Å². The van der Waals surface area contributed by atoms with Gasteiger partial charge < -0.3 is 9.80 Å². The number of amides is 2. The second kappa shape index (κ2) is 5.14. The van der Waals surface area contributed by atoms with Gasteiger partial charge in [0.25, 0.3) is 0 Å². The van der Waals surface area contributed by atoms with Crippen LogP contribution in [0.25, 0.3) is 0 Å². The molecule has 0 bridgehead atoms. The third-order valence-corrected chi connectivity index (χ3v) is 4.74. The second-order valence-electron chi connectivity index (χ2n) is 7.05. The van der Waals surface area contributed by atoms with E-state index in [2.05, 4.69) is 27.7 Å². The topological polar surface area (TPSA) is 40.6 Å². The zero-order valence-electron chi connectivity index (χ0n) is 12.6. The Bertz CT molecular complexity index is 373. The summed E-state index contributed by atoms with van der Waals surface area (Å²) in [6.45, 7) is 10.9. The SMILES string of the molecule is CC(CN1CCC(=O)N2CCCC2C1=O)C(C)(C)C. The summed E-state index contributed by atoms with van der Waals surface area (Å²) in [6, 6.07) is -0.179. The molecule has 108 valence electrons. The molecule has 0 aromatic heterocycles. The van der Waals surface area contributed by atoms with Gasteiger partial charge in [0.1, 0.15) is 6.04 Å². The van der Waals surface area contributed by atoms with E-state index >= 15 is 0 Å². The number of hydrogen-bond donors (Lipinski definition) is 0. The quantitative estimate of drug-likeness (QED) is 0.766. The first-order valence-electron chi connectivity index (χ1n) is 7.39. The minimum Gasteiger partial charge on any atom is -0.340 e. The number of nitrogens with zero attached hydrogens (tertiary/aromatic N) is 2. The number of carbonyl (C=O) groups excluding carboxylic acids is 2. The van der Waals surface area contributed by atoms with Crippen molar-refractivity contribution in [3.63, 3.8) is 0 Å². The lowest BCUT2D eigenvalue weighted by atomic mass is 9.81. The van der Waals surface area contributed by atoms with Crippen molar-refractivity contribution in [2.75, 3.05) is 19.6 Å². The molecule has 0 spiro atoms. The summed E-state index contributed by atoms with van der Waals surface area (Å²) in [4.78, 5) is 28.3. The molecule has 2 saturated heterocycles. The van der Waals surface area contributed by atoms with Crippen LogP contribution in [0.15, 0.2) is 0 Å². The minimum absolute atomic E-state index is 0.154. The number of hydrogen-bond acceptors (Lipinski definition) is 2. The van der Waals surface area contributed by atoms with Gasteiger partial charge in [0.05, 0.1) is 0 Å². The summed E-state index contributed by atoms with van der Waals surface area (Å²) in [5.41, 5.74) is 0.186. The molecule has 2 rings (SSSR count). The summed E-state index contributed by atoms with van der Waals surface area (Å²) in [6.07, 6.45) is 2.29. The van der Waals surface area contributed by atoms with Gasteiger partial charge in [-0.15, -0.1) is 0 Å². The van der Waals surface area contributed by atoms with Gasteiger partial charge in [-0.3, -0.25) is 9.59 Å². The molecular weight excluding hydrogens is 240 g/mol. The van der Waals surface area contributed by atoms with Crippen molar-refractivity contribution in [3.05, 3.63) is 0 Å². The maximum atomic E-state index is 12.6. The fourth-order valence-corrected chi connectivity index (χ4v) is 2.80. The van der Waals surface area contributed by atoms with Crippen LogP contribution in [0.5, 0.6) is 0 Å². The Morgan fingerprint density at radius 1 is 1.26 bits per heavy atom. The van der Waals surface area contributed by atoms with Gasteiger partial charge in [-0.2, -0.15) is 0 Å². The van der Waals surface area contributed by atoms with Gasteiger partial charge in [-0.25, -0.2) is 0 Å². The smallest absolute Gasteiger partial charge is 0.245 e. The van der Waals surface area contributed by atoms with Crippen molar-refractivity contribution in [3.8, 4) is 0 Å². The Morgan fingerprint density at radius 2 is 1.95 bits per heavy atom. The summed E-state index contributed by atoms with van der Waals surface area (Å²) >= 11 is 0. The Balaban J connectivity index is 2.09. The summed E-state index contributed by atoms with van der Waals surface area (Å²) in [7, 11) is 0. The van der Waals surface area contributed by atoms with Crippen molar-refractivity contribution in [2.24, 2.45) is 11.3 Å². The lowest BCUT2D eigenvalue weighted by Crippen LogP contribution is -2.45. The molecule has 2 aliphatic rings. The second-order valence-corrected chi connectivity index (χ2v) is 7.05. The molecule has 0 aliphatic carbocycles. The van der Waals surface area contributed by atoms with Crippen LogP contribution in [0.3, 0.4) is 0 Å². The van der Waals surface area contributed by atoms with Crippen LogP contribution in [0.4, 0.5) is 0 Å². The van der Waals surface area contributed by atoms with Crippen LogP contribution >= 0.6 is 0 Å². The molecule has 0 N–H and O–H groups in total. The first kappa shape index (κ1) is 14.4. The van der Waals surface area contributed by atoms with Gasteiger partial charge in [-0.05, 0) is 24.2 Å². The van der Waals surface area contributed by atoms with Crippen LogP contribution in [0.2, 0.25) is 0 Å². The molecule has 2 atom stereocenters. The largest absolute Gasteiger partial charge is 0.340 e. The molecule has 0 aromatic rings. The van der Waals surface area contributed by atoms with Crippen molar-refractivity contribution in [1.29, 1.82) is 0 Å². The lowest BCUT2D eigenvalue weighted by Gasteiger charge is -2.33. The zero-order valence-corrected chi connectivity index (χ0v) is 12.6. The summed E-state index contributed by atoms with van der Waals surface area (Å²) in [5, 5.41) is 0. The average molecular weight is 266 g/mol. The number of fused-ring (bicyclic) bond motifs is 1. The first-order valence-corrected chi connectivity index (χ1v) is 7.39. The Morgan fingerprint density at radius 3 is 2.58 bits per heavy atom. The van der Waals surface area contributed by atoms with E-state index < -0.39 is 0 Å². The average Bonchev–Trinajstić information content (AvgIpc) is 2.76. The van der Waals surface area contributed by atoms with Crippen LogP contribution < -0.4 is 0 Å². The van der Waals surface area contributed by atoms with Crippen LogP contribution in [0.1, 0.15) is 47.0 Å². The highest BCUT2D eigenvalue weighted by Gasteiger charge is 2.39. The maximum Gasteiger partial charge on any atom is 0.245 e. The molecule has 2 amide bonds. The number of carbonyl (C=O) groups is 2. The van der Waals surface area contributed by atoms with Gasteiger partial charge in [0.2, 0.25) is 11.8 Å². The predicted molar refractivity (Wildman–Crippen MR) is 74.6 cm³/mol. The maximum absolute atomic E-state index is 12.6. The van der Waals surface area contributed by atoms with Crippen molar-refractivity contribution in [1.82, 2.24) is 9.80 Å². The highest BCUT2D eigenvalue weighted by molar-refractivity contribution is 5.90. The molecule has 4 heteroatoms. The standard InChI is InChI=1S/C15H26N2O2/c1-11(15(2,3)4)10-16-9-7-13(18)17-8-5-6-12(17)14(16)19/h11-12H,5-10H2,1-4H3. The predicted octanol–water partition coefficient (Wildman–Crippen LogP) is 1.89. The minimum atomic E-state index is -0.179. The molecule has 2 aliphatic heterocycles. The van der Waals surface area contributed by atoms with Gasteiger partial charge in [-0.1, -0.05) is 27.7 Å². The molecule has 4 nitrogen and oxygen atoms in total. The first-order chi connectivity index (χ1) is 8.80. The zero-order chi connectivity index (χ0) is 14.2. The molecular formula is C15H26N2O2. The molecule has 0 saturated carbocycles. The Labute approximate surface area is 116 Å². The van der Waals surface area contributed by atoms with Crippen LogP contribution in [0, 0.1) is 11.3 Å². The third kappa shape index (κ3) is 2.93. The third-order valence-electron chi connectivity index (χ3n) is 4.74. The number of rotatable bonds is 2. The van der Waals surface area contributed by atoms with E-state index in [4.69, 9.17) is 0 Å². The Hall–Kier alpha value is -1.06. The van der Waals surface area contributed by atoms with Crippen molar-refractivity contribution in [2.45, 2.75) is 53.0 Å². The molecule has 2 unspecified atom stereocenters. The van der Waals surface area contributed by atoms with Crippen molar-refractivity contribution >= 4 is 11.8 Å². The Kier molecular flexibility index (Phi) is 3.88. The summed E-state index contributed by atoms with van der Waals surface area (Å²) in [5.74, 6) is 0.751. The monoisotopic (exact) mass is 266 g/mol. The van der Waals surface area contributed by atoms with Gasteiger partial charge >= 0.3 is 0 Å². The molecule has 0 aromatic carbocycles.